The Hall–Kier alpha value is -2.26. The van der Waals surface area contributed by atoms with Crippen molar-refractivity contribution in [2.45, 2.75) is 30.7 Å². The number of sulfonamides is 1. The minimum atomic E-state index is -3.49. The minimum absolute atomic E-state index is 0.114. The SMILES string of the molecule is O=C(CN1CCCN(Cc2ccccc2)CC1)Nc1cccc(S(=O)(=O)N2CCCC2)c1. The lowest BCUT2D eigenvalue weighted by atomic mass is 10.2. The van der Waals surface area contributed by atoms with Crippen LogP contribution < -0.4 is 5.32 Å². The van der Waals surface area contributed by atoms with E-state index in [9.17, 15) is 13.2 Å². The molecular weight excluding hydrogens is 424 g/mol. The molecule has 2 aliphatic rings. The summed E-state index contributed by atoms with van der Waals surface area (Å²) >= 11 is 0. The number of carbonyl (C=O) groups is 1. The van der Waals surface area contributed by atoms with Crippen molar-refractivity contribution in [3.05, 3.63) is 60.2 Å². The zero-order valence-corrected chi connectivity index (χ0v) is 19.3. The summed E-state index contributed by atoms with van der Waals surface area (Å²) in [5.41, 5.74) is 1.83. The molecule has 172 valence electrons. The van der Waals surface area contributed by atoms with Crippen molar-refractivity contribution in [2.24, 2.45) is 0 Å². The first-order valence-electron chi connectivity index (χ1n) is 11.4. The van der Waals surface area contributed by atoms with Crippen molar-refractivity contribution in [3.63, 3.8) is 0 Å². The van der Waals surface area contributed by atoms with E-state index < -0.39 is 10.0 Å². The first-order chi connectivity index (χ1) is 15.5. The fraction of sp³-hybridized carbons (Fsp3) is 0.458. The van der Waals surface area contributed by atoms with E-state index in [1.165, 1.54) is 9.87 Å². The molecule has 2 fully saturated rings. The first-order valence-corrected chi connectivity index (χ1v) is 12.8. The molecule has 0 saturated carbocycles. The molecule has 0 radical (unpaired) electrons. The van der Waals surface area contributed by atoms with Gasteiger partial charge in [-0.3, -0.25) is 14.6 Å². The molecule has 1 N–H and O–H groups in total. The highest BCUT2D eigenvalue weighted by atomic mass is 32.2. The number of benzene rings is 2. The zero-order valence-electron chi connectivity index (χ0n) is 18.4. The fourth-order valence-corrected chi connectivity index (χ4v) is 5.96. The molecule has 0 bridgehead atoms. The number of carbonyl (C=O) groups excluding carboxylic acids is 1. The molecule has 8 heteroatoms. The van der Waals surface area contributed by atoms with E-state index in [1.807, 2.05) is 6.07 Å². The third kappa shape index (κ3) is 5.95. The summed E-state index contributed by atoms with van der Waals surface area (Å²) in [5.74, 6) is -0.114. The Bertz CT molecular complexity index is 1010. The number of nitrogens with zero attached hydrogens (tertiary/aromatic N) is 3. The third-order valence-corrected chi connectivity index (χ3v) is 8.01. The van der Waals surface area contributed by atoms with Gasteiger partial charge in [0.15, 0.2) is 0 Å². The molecule has 0 aromatic heterocycles. The summed E-state index contributed by atoms with van der Waals surface area (Å²) in [4.78, 5) is 17.5. The molecule has 2 aromatic rings. The third-order valence-electron chi connectivity index (χ3n) is 6.12. The second-order valence-electron chi connectivity index (χ2n) is 8.58. The molecule has 32 heavy (non-hydrogen) atoms. The second kappa shape index (κ2) is 10.6. The molecule has 2 saturated heterocycles. The molecule has 0 spiro atoms. The van der Waals surface area contributed by atoms with Crippen LogP contribution in [0.15, 0.2) is 59.5 Å². The molecule has 4 rings (SSSR count). The maximum absolute atomic E-state index is 12.8. The Morgan fingerprint density at radius 2 is 1.53 bits per heavy atom. The Morgan fingerprint density at radius 1 is 0.812 bits per heavy atom. The maximum Gasteiger partial charge on any atom is 0.243 e. The van der Waals surface area contributed by atoms with Crippen molar-refractivity contribution in [1.29, 1.82) is 0 Å². The van der Waals surface area contributed by atoms with Gasteiger partial charge in [-0.25, -0.2) is 8.42 Å². The van der Waals surface area contributed by atoms with Gasteiger partial charge in [-0.2, -0.15) is 4.31 Å². The van der Waals surface area contributed by atoms with E-state index >= 15 is 0 Å². The quantitative estimate of drug-likeness (QED) is 0.693. The van der Waals surface area contributed by atoms with Crippen LogP contribution in [0.4, 0.5) is 5.69 Å². The summed E-state index contributed by atoms with van der Waals surface area (Å²) in [6.07, 6.45) is 2.81. The van der Waals surface area contributed by atoms with Crippen LogP contribution in [-0.2, 0) is 21.4 Å². The standard InChI is InChI=1S/C24H32N4O3S/c29-24(20-27-13-7-12-26(16-17-27)19-21-8-2-1-3-9-21)25-22-10-6-11-23(18-22)32(30,31)28-14-4-5-15-28/h1-3,6,8-11,18H,4-5,7,12-17,19-20H2,(H,25,29). The number of rotatable bonds is 7. The van der Waals surface area contributed by atoms with E-state index in [4.69, 9.17) is 0 Å². The lowest BCUT2D eigenvalue weighted by Crippen LogP contribution is -2.36. The summed E-state index contributed by atoms with van der Waals surface area (Å²) in [5, 5.41) is 2.89. The van der Waals surface area contributed by atoms with Crippen LogP contribution in [0.5, 0.6) is 0 Å². The summed E-state index contributed by atoms with van der Waals surface area (Å²) in [7, 11) is -3.49. The predicted octanol–water partition coefficient (Wildman–Crippen LogP) is 2.62. The van der Waals surface area contributed by atoms with Gasteiger partial charge in [0.25, 0.3) is 0 Å². The van der Waals surface area contributed by atoms with Crippen LogP contribution in [0.1, 0.15) is 24.8 Å². The monoisotopic (exact) mass is 456 g/mol. The number of hydrogen-bond donors (Lipinski definition) is 1. The lowest BCUT2D eigenvalue weighted by Gasteiger charge is -2.21. The Kier molecular flexibility index (Phi) is 7.57. The van der Waals surface area contributed by atoms with Gasteiger partial charge in [-0.1, -0.05) is 36.4 Å². The summed E-state index contributed by atoms with van der Waals surface area (Å²) in [6.45, 7) is 6.02. The Labute approximate surface area is 191 Å². The van der Waals surface area contributed by atoms with Gasteiger partial charge in [-0.15, -0.1) is 0 Å². The Balaban J connectivity index is 1.30. The number of nitrogens with one attached hydrogen (secondary N) is 1. The topological polar surface area (TPSA) is 73.0 Å². The van der Waals surface area contributed by atoms with Crippen LogP contribution in [0, 0.1) is 0 Å². The normalized spacial score (nSPS) is 19.0. The average Bonchev–Trinajstić information content (AvgIpc) is 3.26. The van der Waals surface area contributed by atoms with Gasteiger partial charge in [0, 0.05) is 38.4 Å². The van der Waals surface area contributed by atoms with E-state index in [0.29, 0.717) is 25.3 Å². The van der Waals surface area contributed by atoms with Gasteiger partial charge < -0.3 is 5.32 Å². The number of anilines is 1. The van der Waals surface area contributed by atoms with E-state index in [2.05, 4.69) is 39.4 Å². The fourth-order valence-electron chi connectivity index (χ4n) is 4.40. The van der Waals surface area contributed by atoms with E-state index in [0.717, 1.165) is 52.0 Å². The zero-order chi connectivity index (χ0) is 22.4. The molecule has 0 aliphatic carbocycles. The molecule has 0 unspecified atom stereocenters. The molecule has 1 amide bonds. The van der Waals surface area contributed by atoms with Crippen molar-refractivity contribution in [1.82, 2.24) is 14.1 Å². The van der Waals surface area contributed by atoms with Gasteiger partial charge >= 0.3 is 0 Å². The van der Waals surface area contributed by atoms with Crippen molar-refractivity contribution in [3.8, 4) is 0 Å². The van der Waals surface area contributed by atoms with Gasteiger partial charge in [0.1, 0.15) is 0 Å². The highest BCUT2D eigenvalue weighted by Crippen LogP contribution is 2.23. The molecule has 7 nitrogen and oxygen atoms in total. The van der Waals surface area contributed by atoms with Gasteiger partial charge in [0.05, 0.1) is 11.4 Å². The maximum atomic E-state index is 12.8. The summed E-state index contributed by atoms with van der Waals surface area (Å²) < 4.78 is 27.1. The van der Waals surface area contributed by atoms with Crippen LogP contribution in [0.3, 0.4) is 0 Å². The highest BCUT2D eigenvalue weighted by molar-refractivity contribution is 7.89. The lowest BCUT2D eigenvalue weighted by molar-refractivity contribution is -0.117. The Morgan fingerprint density at radius 3 is 2.31 bits per heavy atom. The van der Waals surface area contributed by atoms with Crippen LogP contribution in [-0.4, -0.2) is 74.2 Å². The largest absolute Gasteiger partial charge is 0.325 e. The second-order valence-corrected chi connectivity index (χ2v) is 10.5. The van der Waals surface area contributed by atoms with Crippen molar-refractivity contribution < 1.29 is 13.2 Å². The van der Waals surface area contributed by atoms with E-state index in [-0.39, 0.29) is 10.8 Å². The number of hydrogen-bond acceptors (Lipinski definition) is 5. The molecule has 2 heterocycles. The molecule has 2 aromatic carbocycles. The van der Waals surface area contributed by atoms with Crippen molar-refractivity contribution >= 4 is 21.6 Å². The van der Waals surface area contributed by atoms with Crippen LogP contribution >= 0.6 is 0 Å². The highest BCUT2D eigenvalue weighted by Gasteiger charge is 2.27. The minimum Gasteiger partial charge on any atom is -0.325 e. The van der Waals surface area contributed by atoms with Crippen molar-refractivity contribution in [2.75, 3.05) is 51.1 Å². The molecular formula is C24H32N4O3S. The predicted molar refractivity (Wildman–Crippen MR) is 126 cm³/mol. The average molecular weight is 457 g/mol. The first kappa shape index (κ1) is 22.9. The van der Waals surface area contributed by atoms with E-state index in [1.54, 1.807) is 24.3 Å². The van der Waals surface area contributed by atoms with Gasteiger partial charge in [-0.05, 0) is 56.1 Å². The smallest absolute Gasteiger partial charge is 0.243 e. The van der Waals surface area contributed by atoms with Crippen LogP contribution in [0.2, 0.25) is 0 Å². The molecule has 2 aliphatic heterocycles. The molecule has 0 atom stereocenters. The summed E-state index contributed by atoms with van der Waals surface area (Å²) in [6, 6.07) is 17.0. The number of amides is 1. The van der Waals surface area contributed by atoms with Gasteiger partial charge in [0.2, 0.25) is 15.9 Å². The van der Waals surface area contributed by atoms with Crippen LogP contribution in [0.25, 0.3) is 0 Å².